The van der Waals surface area contributed by atoms with Crippen molar-refractivity contribution in [2.24, 2.45) is 0 Å². The second-order valence-corrected chi connectivity index (χ2v) is 5.59. The van der Waals surface area contributed by atoms with Crippen LogP contribution in [0.15, 0.2) is 0 Å². The summed E-state index contributed by atoms with van der Waals surface area (Å²) in [7, 11) is -0.657. The van der Waals surface area contributed by atoms with E-state index in [1.54, 1.807) is 0 Å². The largest absolute Gasteiger partial charge is 0.393 e. The molecule has 0 N–H and O–H groups in total. The first-order valence-electron chi connectivity index (χ1n) is 3.65. The molecule has 0 heterocycles. The Hall–Kier alpha value is 0.0969. The molecule has 0 aliphatic heterocycles. The van der Waals surface area contributed by atoms with Crippen LogP contribution in [0.2, 0.25) is 13.1 Å². The molecule has 0 rings (SSSR count). The van der Waals surface area contributed by atoms with Crippen LogP contribution >= 0.6 is 0 Å². The maximum Gasteiger partial charge on any atom is 0.208 e. The Morgan fingerprint density at radius 2 is 1.73 bits per heavy atom. The first-order valence-corrected chi connectivity index (χ1v) is 6.06. The summed E-state index contributed by atoms with van der Waals surface area (Å²) in [6, 6.07) is 0. The van der Waals surface area contributed by atoms with Crippen molar-refractivity contribution in [1.82, 2.24) is 0 Å². The van der Waals surface area contributed by atoms with Crippen LogP contribution in [0.25, 0.3) is 0 Å². The minimum absolute atomic E-state index is 0.235. The molecule has 0 fully saturated rings. The summed E-state index contributed by atoms with van der Waals surface area (Å²) in [5, 5.41) is 0. The lowest BCUT2D eigenvalue weighted by Gasteiger charge is -2.17. The molecule has 0 aliphatic rings. The molecule has 0 atom stereocenters. The summed E-state index contributed by atoms with van der Waals surface area (Å²) < 4.78 is 5.19. The van der Waals surface area contributed by atoms with E-state index in [0.29, 0.717) is 0 Å². The fraction of sp³-hybridized carbons (Fsp3) is 1.00. The van der Waals surface area contributed by atoms with Gasteiger partial charge in [0.15, 0.2) is 6.79 Å². The van der Waals surface area contributed by atoms with Crippen molar-refractivity contribution in [2.75, 3.05) is 6.79 Å². The SMILES string of the molecule is C[Si](C)OCOOC(C)(C)C. The summed E-state index contributed by atoms with van der Waals surface area (Å²) in [5.41, 5.74) is -0.252. The van der Waals surface area contributed by atoms with Crippen LogP contribution < -0.4 is 0 Å². The predicted octanol–water partition coefficient (Wildman–Crippen LogP) is 1.96. The van der Waals surface area contributed by atoms with Gasteiger partial charge in [0.25, 0.3) is 0 Å². The van der Waals surface area contributed by atoms with E-state index in [2.05, 4.69) is 0 Å². The number of rotatable bonds is 4. The maximum atomic E-state index is 5.19. The van der Waals surface area contributed by atoms with Gasteiger partial charge in [0.1, 0.15) is 0 Å². The quantitative estimate of drug-likeness (QED) is 0.216. The Balaban J connectivity index is 3.15. The monoisotopic (exact) mass is 177 g/mol. The van der Waals surface area contributed by atoms with Gasteiger partial charge in [0.2, 0.25) is 9.04 Å². The number of hydrogen-bond donors (Lipinski definition) is 0. The molecule has 0 aromatic heterocycles. The third-order valence-corrected chi connectivity index (χ3v) is 1.40. The molecule has 0 bridgehead atoms. The Morgan fingerprint density at radius 3 is 2.09 bits per heavy atom. The van der Waals surface area contributed by atoms with Crippen LogP contribution in [0, 0.1) is 0 Å². The van der Waals surface area contributed by atoms with Gasteiger partial charge in [-0.25, -0.2) is 9.78 Å². The van der Waals surface area contributed by atoms with E-state index in [4.69, 9.17) is 14.2 Å². The van der Waals surface area contributed by atoms with Crippen LogP contribution in [0.3, 0.4) is 0 Å². The summed E-state index contributed by atoms with van der Waals surface area (Å²) in [5.74, 6) is 0. The topological polar surface area (TPSA) is 27.7 Å². The highest BCUT2D eigenvalue weighted by molar-refractivity contribution is 6.48. The van der Waals surface area contributed by atoms with Crippen molar-refractivity contribution in [3.05, 3.63) is 0 Å². The van der Waals surface area contributed by atoms with Crippen molar-refractivity contribution in [3.8, 4) is 0 Å². The zero-order valence-corrected chi connectivity index (χ0v) is 8.93. The highest BCUT2D eigenvalue weighted by atomic mass is 28.3. The standard InChI is InChI=1S/C7H17O3Si/c1-7(2,3)10-8-6-9-11(4)5/h6H2,1-5H3. The molecule has 1 radical (unpaired) electrons. The summed E-state index contributed by atoms with van der Waals surface area (Å²) in [4.78, 5) is 9.78. The molecular weight excluding hydrogens is 160 g/mol. The van der Waals surface area contributed by atoms with Crippen molar-refractivity contribution in [3.63, 3.8) is 0 Å². The molecule has 0 saturated heterocycles. The fourth-order valence-corrected chi connectivity index (χ4v) is 0.627. The van der Waals surface area contributed by atoms with Gasteiger partial charge in [-0.2, -0.15) is 0 Å². The molecule has 0 aromatic rings. The van der Waals surface area contributed by atoms with Gasteiger partial charge >= 0.3 is 0 Å². The molecule has 67 valence electrons. The Kier molecular flexibility index (Phi) is 4.91. The third kappa shape index (κ3) is 10.1. The van der Waals surface area contributed by atoms with Gasteiger partial charge in [-0.3, -0.25) is 0 Å². The zero-order valence-electron chi connectivity index (χ0n) is 7.93. The maximum absolute atomic E-state index is 5.19. The van der Waals surface area contributed by atoms with Crippen LogP contribution in [0.5, 0.6) is 0 Å². The molecule has 11 heavy (non-hydrogen) atoms. The predicted molar refractivity (Wildman–Crippen MR) is 45.4 cm³/mol. The summed E-state index contributed by atoms with van der Waals surface area (Å²) >= 11 is 0. The lowest BCUT2D eigenvalue weighted by atomic mass is 10.2. The smallest absolute Gasteiger partial charge is 0.208 e. The van der Waals surface area contributed by atoms with Gasteiger partial charge in [-0.1, -0.05) is 0 Å². The molecule has 0 aromatic carbocycles. The normalized spacial score (nSPS) is 12.5. The van der Waals surface area contributed by atoms with E-state index in [1.165, 1.54) is 0 Å². The molecule has 0 unspecified atom stereocenters. The average molecular weight is 177 g/mol. The average Bonchev–Trinajstić information content (AvgIpc) is 1.78. The van der Waals surface area contributed by atoms with E-state index >= 15 is 0 Å². The molecule has 0 spiro atoms. The molecule has 0 amide bonds. The summed E-state index contributed by atoms with van der Waals surface area (Å²) in [6.45, 7) is 10.1. The minimum Gasteiger partial charge on any atom is -0.393 e. The van der Waals surface area contributed by atoms with Crippen LogP contribution in [-0.4, -0.2) is 21.4 Å². The first kappa shape index (κ1) is 11.1. The molecule has 3 nitrogen and oxygen atoms in total. The van der Waals surface area contributed by atoms with Crippen LogP contribution in [0.1, 0.15) is 20.8 Å². The lowest BCUT2D eigenvalue weighted by molar-refractivity contribution is -0.371. The fourth-order valence-electron chi connectivity index (χ4n) is 0.343. The van der Waals surface area contributed by atoms with E-state index in [1.807, 2.05) is 33.9 Å². The second kappa shape index (κ2) is 4.87. The van der Waals surface area contributed by atoms with Crippen molar-refractivity contribution < 1.29 is 14.2 Å². The zero-order chi connectivity index (χ0) is 8.91. The second-order valence-electron chi connectivity index (χ2n) is 3.48. The van der Waals surface area contributed by atoms with Crippen LogP contribution in [-0.2, 0) is 14.2 Å². The van der Waals surface area contributed by atoms with Crippen molar-refractivity contribution in [2.45, 2.75) is 39.5 Å². The van der Waals surface area contributed by atoms with E-state index in [9.17, 15) is 0 Å². The number of hydrogen-bond acceptors (Lipinski definition) is 3. The highest BCUT2D eigenvalue weighted by Crippen LogP contribution is 2.06. The third-order valence-electron chi connectivity index (χ3n) is 0.705. The van der Waals surface area contributed by atoms with Gasteiger partial charge in [-0.05, 0) is 33.9 Å². The van der Waals surface area contributed by atoms with Crippen molar-refractivity contribution >= 4 is 9.04 Å². The van der Waals surface area contributed by atoms with E-state index in [-0.39, 0.29) is 12.4 Å². The summed E-state index contributed by atoms with van der Waals surface area (Å²) in [6.07, 6.45) is 0. The van der Waals surface area contributed by atoms with Gasteiger partial charge in [-0.15, -0.1) is 0 Å². The highest BCUT2D eigenvalue weighted by Gasteiger charge is 2.11. The van der Waals surface area contributed by atoms with E-state index < -0.39 is 9.04 Å². The Labute approximate surface area is 70.3 Å². The van der Waals surface area contributed by atoms with Crippen LogP contribution in [0.4, 0.5) is 0 Å². The van der Waals surface area contributed by atoms with E-state index in [0.717, 1.165) is 0 Å². The Bertz CT molecular complexity index is 98.3. The van der Waals surface area contributed by atoms with Crippen molar-refractivity contribution in [1.29, 1.82) is 0 Å². The first-order chi connectivity index (χ1) is 4.92. The van der Waals surface area contributed by atoms with Gasteiger partial charge < -0.3 is 4.43 Å². The Morgan fingerprint density at radius 1 is 1.18 bits per heavy atom. The molecular formula is C7H17O3Si. The molecule has 0 aliphatic carbocycles. The van der Waals surface area contributed by atoms with Gasteiger partial charge in [0, 0.05) is 0 Å². The molecule has 0 saturated carbocycles. The lowest BCUT2D eigenvalue weighted by Crippen LogP contribution is -2.21. The molecule has 4 heteroatoms. The van der Waals surface area contributed by atoms with Gasteiger partial charge in [0.05, 0.1) is 5.60 Å². The minimum atomic E-state index is -0.657.